The standard InChI is InChI=1S/C14H16BrN3O2/c1-10(18-8-4-7-16-18)14(19)17-13-6-3-5-12(15)11(13)9-20-2/h3-8,10H,9H2,1-2H3,(H,17,19)/t10-/m0/s1. The van der Waals surface area contributed by atoms with E-state index in [1.54, 1.807) is 37.2 Å². The van der Waals surface area contributed by atoms with Gasteiger partial charge in [0.05, 0.1) is 6.61 Å². The zero-order valence-corrected chi connectivity index (χ0v) is 12.9. The van der Waals surface area contributed by atoms with Gasteiger partial charge in [0.15, 0.2) is 0 Å². The lowest BCUT2D eigenvalue weighted by molar-refractivity contribution is -0.119. The monoisotopic (exact) mass is 337 g/mol. The first kappa shape index (κ1) is 14.7. The molecule has 1 N–H and O–H groups in total. The number of nitrogens with zero attached hydrogens (tertiary/aromatic N) is 2. The molecule has 0 aliphatic rings. The number of anilines is 1. The van der Waals surface area contributed by atoms with Gasteiger partial charge >= 0.3 is 0 Å². The summed E-state index contributed by atoms with van der Waals surface area (Å²) in [6, 6.07) is 7.06. The minimum Gasteiger partial charge on any atom is -0.380 e. The fourth-order valence-corrected chi connectivity index (χ4v) is 2.31. The third-order valence-electron chi connectivity index (χ3n) is 2.97. The van der Waals surface area contributed by atoms with Crippen LogP contribution in [0.25, 0.3) is 0 Å². The van der Waals surface area contributed by atoms with Crippen LogP contribution in [0.15, 0.2) is 41.1 Å². The summed E-state index contributed by atoms with van der Waals surface area (Å²) in [6.45, 7) is 2.23. The van der Waals surface area contributed by atoms with E-state index in [0.29, 0.717) is 6.61 Å². The second-order valence-corrected chi connectivity index (χ2v) is 5.20. The van der Waals surface area contributed by atoms with Crippen LogP contribution in [-0.2, 0) is 16.1 Å². The molecular formula is C14H16BrN3O2. The number of carbonyl (C=O) groups excluding carboxylic acids is 1. The molecule has 6 heteroatoms. The highest BCUT2D eigenvalue weighted by atomic mass is 79.9. The SMILES string of the molecule is COCc1c(Br)cccc1NC(=O)[C@H](C)n1cccn1. The van der Waals surface area contributed by atoms with Crippen LogP contribution >= 0.6 is 15.9 Å². The van der Waals surface area contributed by atoms with Crippen molar-refractivity contribution in [2.75, 3.05) is 12.4 Å². The van der Waals surface area contributed by atoms with E-state index < -0.39 is 0 Å². The van der Waals surface area contributed by atoms with E-state index in [1.165, 1.54) is 0 Å². The first-order chi connectivity index (χ1) is 9.63. The van der Waals surface area contributed by atoms with Gasteiger partial charge in [-0.2, -0.15) is 5.10 Å². The van der Waals surface area contributed by atoms with Gasteiger partial charge in [0.1, 0.15) is 6.04 Å². The van der Waals surface area contributed by atoms with Gasteiger partial charge in [-0.25, -0.2) is 0 Å². The van der Waals surface area contributed by atoms with Crippen molar-refractivity contribution in [1.82, 2.24) is 9.78 Å². The van der Waals surface area contributed by atoms with Crippen molar-refractivity contribution < 1.29 is 9.53 Å². The van der Waals surface area contributed by atoms with Crippen molar-refractivity contribution in [2.24, 2.45) is 0 Å². The third-order valence-corrected chi connectivity index (χ3v) is 3.71. The second kappa shape index (κ2) is 6.67. The van der Waals surface area contributed by atoms with Crippen LogP contribution in [0, 0.1) is 0 Å². The first-order valence-electron chi connectivity index (χ1n) is 6.19. The Bertz CT molecular complexity index is 584. The zero-order chi connectivity index (χ0) is 14.5. The fraction of sp³-hybridized carbons (Fsp3) is 0.286. The number of amides is 1. The largest absolute Gasteiger partial charge is 0.380 e. The van der Waals surface area contributed by atoms with Crippen LogP contribution in [0.4, 0.5) is 5.69 Å². The van der Waals surface area contributed by atoms with E-state index in [-0.39, 0.29) is 11.9 Å². The summed E-state index contributed by atoms with van der Waals surface area (Å²) in [6.07, 6.45) is 3.42. The quantitative estimate of drug-likeness (QED) is 0.912. The van der Waals surface area contributed by atoms with Gasteiger partial charge in [-0.3, -0.25) is 9.48 Å². The van der Waals surface area contributed by atoms with Crippen LogP contribution in [0.5, 0.6) is 0 Å². The maximum Gasteiger partial charge on any atom is 0.248 e. The van der Waals surface area contributed by atoms with Gasteiger partial charge < -0.3 is 10.1 Å². The Kier molecular flexibility index (Phi) is 4.92. The molecule has 2 rings (SSSR count). The number of hydrogen-bond donors (Lipinski definition) is 1. The number of rotatable bonds is 5. The minimum atomic E-state index is -0.376. The highest BCUT2D eigenvalue weighted by Crippen LogP contribution is 2.26. The fourth-order valence-electron chi connectivity index (χ4n) is 1.83. The van der Waals surface area contributed by atoms with Crippen molar-refractivity contribution in [2.45, 2.75) is 19.6 Å². The number of methoxy groups -OCH3 is 1. The minimum absolute atomic E-state index is 0.121. The summed E-state index contributed by atoms with van der Waals surface area (Å²) < 4.78 is 7.69. The average Bonchev–Trinajstić information content (AvgIpc) is 2.96. The van der Waals surface area contributed by atoms with E-state index in [1.807, 2.05) is 18.2 Å². The van der Waals surface area contributed by atoms with Gasteiger partial charge in [0, 0.05) is 35.2 Å². The molecule has 0 radical (unpaired) electrons. The molecule has 0 bridgehead atoms. The Balaban J connectivity index is 2.17. The molecule has 0 saturated heterocycles. The highest BCUT2D eigenvalue weighted by Gasteiger charge is 2.17. The molecule has 1 atom stereocenters. The normalized spacial score (nSPS) is 12.2. The van der Waals surface area contributed by atoms with E-state index in [0.717, 1.165) is 15.7 Å². The topological polar surface area (TPSA) is 56.1 Å². The summed E-state index contributed by atoms with van der Waals surface area (Å²) in [4.78, 5) is 12.3. The molecule has 1 amide bonds. The molecule has 5 nitrogen and oxygen atoms in total. The lowest BCUT2D eigenvalue weighted by atomic mass is 10.2. The van der Waals surface area contributed by atoms with E-state index in [9.17, 15) is 4.79 Å². The molecule has 0 saturated carbocycles. The molecular weight excluding hydrogens is 322 g/mol. The number of benzene rings is 1. The molecule has 106 valence electrons. The highest BCUT2D eigenvalue weighted by molar-refractivity contribution is 9.10. The van der Waals surface area contributed by atoms with Crippen molar-refractivity contribution >= 4 is 27.5 Å². The summed E-state index contributed by atoms with van der Waals surface area (Å²) in [5, 5.41) is 6.99. The van der Waals surface area contributed by atoms with Gasteiger partial charge in [0.2, 0.25) is 5.91 Å². The number of hydrogen-bond acceptors (Lipinski definition) is 3. The molecule has 20 heavy (non-hydrogen) atoms. The Labute approximate surface area is 126 Å². The molecule has 0 unspecified atom stereocenters. The van der Waals surface area contributed by atoms with Gasteiger partial charge in [-0.15, -0.1) is 0 Å². The molecule has 0 aliphatic carbocycles. The van der Waals surface area contributed by atoms with Crippen molar-refractivity contribution in [3.05, 3.63) is 46.7 Å². The second-order valence-electron chi connectivity index (χ2n) is 4.35. The predicted octanol–water partition coefficient (Wildman–Crippen LogP) is 2.99. The molecule has 0 spiro atoms. The Hall–Kier alpha value is -1.66. The molecule has 0 aliphatic heterocycles. The number of halogens is 1. The summed E-state index contributed by atoms with van der Waals surface area (Å²) in [5.41, 5.74) is 1.65. The van der Waals surface area contributed by atoms with Crippen molar-refractivity contribution in [3.8, 4) is 0 Å². The Morgan fingerprint density at radius 2 is 2.30 bits per heavy atom. The number of nitrogens with one attached hydrogen (secondary N) is 1. The Morgan fingerprint density at radius 1 is 1.50 bits per heavy atom. The van der Waals surface area contributed by atoms with Gasteiger partial charge in [-0.1, -0.05) is 22.0 Å². The number of aromatic nitrogens is 2. The maximum atomic E-state index is 12.3. The molecule has 2 aromatic rings. The first-order valence-corrected chi connectivity index (χ1v) is 6.99. The van der Waals surface area contributed by atoms with E-state index in [4.69, 9.17) is 4.74 Å². The van der Waals surface area contributed by atoms with Crippen LogP contribution < -0.4 is 5.32 Å². The zero-order valence-electron chi connectivity index (χ0n) is 11.3. The van der Waals surface area contributed by atoms with Crippen molar-refractivity contribution in [1.29, 1.82) is 0 Å². The van der Waals surface area contributed by atoms with Crippen LogP contribution in [0.2, 0.25) is 0 Å². The number of carbonyl (C=O) groups is 1. The van der Waals surface area contributed by atoms with Crippen LogP contribution in [0.1, 0.15) is 18.5 Å². The van der Waals surface area contributed by atoms with E-state index in [2.05, 4.69) is 26.3 Å². The van der Waals surface area contributed by atoms with Crippen LogP contribution in [-0.4, -0.2) is 22.8 Å². The summed E-state index contributed by atoms with van der Waals surface area (Å²) in [5.74, 6) is -0.121. The molecule has 0 fully saturated rings. The molecule has 1 aromatic carbocycles. The summed E-state index contributed by atoms with van der Waals surface area (Å²) in [7, 11) is 1.62. The van der Waals surface area contributed by atoms with Crippen molar-refractivity contribution in [3.63, 3.8) is 0 Å². The van der Waals surface area contributed by atoms with Gasteiger partial charge in [-0.05, 0) is 25.1 Å². The van der Waals surface area contributed by atoms with E-state index >= 15 is 0 Å². The predicted molar refractivity (Wildman–Crippen MR) is 80.4 cm³/mol. The summed E-state index contributed by atoms with van der Waals surface area (Å²) >= 11 is 3.46. The maximum absolute atomic E-state index is 12.3. The third kappa shape index (κ3) is 3.26. The van der Waals surface area contributed by atoms with Gasteiger partial charge in [0.25, 0.3) is 0 Å². The van der Waals surface area contributed by atoms with Crippen LogP contribution in [0.3, 0.4) is 0 Å². The smallest absolute Gasteiger partial charge is 0.248 e. The average molecular weight is 338 g/mol. The molecule has 1 heterocycles. The Morgan fingerprint density at radius 3 is 2.95 bits per heavy atom. The number of ether oxygens (including phenoxy) is 1. The lowest BCUT2D eigenvalue weighted by Gasteiger charge is -2.16. The lowest BCUT2D eigenvalue weighted by Crippen LogP contribution is -2.24. The molecule has 1 aromatic heterocycles.